The molecular formula is C16H16O6. The van der Waals surface area contributed by atoms with Crippen molar-refractivity contribution in [1.29, 1.82) is 0 Å². The lowest BCUT2D eigenvalue weighted by atomic mass is 9.82. The third-order valence-electron chi connectivity index (χ3n) is 3.92. The van der Waals surface area contributed by atoms with E-state index in [-0.39, 0.29) is 47.9 Å². The summed E-state index contributed by atoms with van der Waals surface area (Å²) in [5.74, 6) is -0.607. The molecule has 1 aromatic carbocycles. The van der Waals surface area contributed by atoms with E-state index < -0.39 is 12.4 Å². The summed E-state index contributed by atoms with van der Waals surface area (Å²) in [6.45, 7) is 1.70. The first-order valence-corrected chi connectivity index (χ1v) is 7.03. The Hall–Kier alpha value is -2.18. The van der Waals surface area contributed by atoms with Crippen molar-refractivity contribution in [2.75, 3.05) is 0 Å². The van der Waals surface area contributed by atoms with Crippen LogP contribution in [0.3, 0.4) is 0 Å². The quantitative estimate of drug-likeness (QED) is 0.710. The van der Waals surface area contributed by atoms with E-state index in [1.165, 1.54) is 12.1 Å². The summed E-state index contributed by atoms with van der Waals surface area (Å²) in [6, 6.07) is 1.43. The van der Waals surface area contributed by atoms with Gasteiger partial charge >= 0.3 is 0 Å². The number of fused-ring (bicyclic) bond motifs is 1. The van der Waals surface area contributed by atoms with Crippen LogP contribution in [0.1, 0.15) is 39.9 Å². The highest BCUT2D eigenvalue weighted by Gasteiger charge is 2.32. The van der Waals surface area contributed by atoms with Crippen LogP contribution in [0.4, 0.5) is 0 Å². The van der Waals surface area contributed by atoms with Gasteiger partial charge in [0.1, 0.15) is 11.5 Å². The van der Waals surface area contributed by atoms with Crippen LogP contribution >= 0.6 is 0 Å². The lowest BCUT2D eigenvalue weighted by Crippen LogP contribution is -2.27. The standard InChI is InChI=1S/C16H16O6/c1-7-2-11(19)16-10(3-8(17)4-12(16)20)15(7)13-5-9(18)6-14(21)22-13/h2,5,8,14,17,19,21H,3-4,6H2,1H3. The summed E-state index contributed by atoms with van der Waals surface area (Å²) in [7, 11) is 0. The van der Waals surface area contributed by atoms with Gasteiger partial charge in [0, 0.05) is 24.5 Å². The molecule has 6 nitrogen and oxygen atoms in total. The summed E-state index contributed by atoms with van der Waals surface area (Å²) < 4.78 is 5.32. The van der Waals surface area contributed by atoms with E-state index in [2.05, 4.69) is 0 Å². The number of benzene rings is 1. The van der Waals surface area contributed by atoms with Crippen LogP contribution in [0.2, 0.25) is 0 Å². The van der Waals surface area contributed by atoms with Gasteiger partial charge in [0.2, 0.25) is 6.29 Å². The van der Waals surface area contributed by atoms with E-state index in [1.54, 1.807) is 6.92 Å². The summed E-state index contributed by atoms with van der Waals surface area (Å²) in [4.78, 5) is 23.7. The number of carbonyl (C=O) groups is 2. The Balaban J connectivity index is 2.22. The number of phenols is 1. The van der Waals surface area contributed by atoms with Crippen LogP contribution in [0, 0.1) is 6.92 Å². The molecule has 1 aliphatic heterocycles. The normalized spacial score (nSPS) is 24.6. The van der Waals surface area contributed by atoms with Crippen molar-refractivity contribution in [1.82, 2.24) is 0 Å². The van der Waals surface area contributed by atoms with Gasteiger partial charge in [0.15, 0.2) is 11.6 Å². The molecule has 22 heavy (non-hydrogen) atoms. The Labute approximate surface area is 126 Å². The molecule has 0 fully saturated rings. The van der Waals surface area contributed by atoms with E-state index in [0.29, 0.717) is 16.7 Å². The number of rotatable bonds is 1. The van der Waals surface area contributed by atoms with Gasteiger partial charge in [0.05, 0.1) is 18.1 Å². The number of allylic oxidation sites excluding steroid dienone is 1. The van der Waals surface area contributed by atoms with E-state index in [4.69, 9.17) is 4.74 Å². The zero-order chi connectivity index (χ0) is 16.0. The molecule has 3 N–H and O–H groups in total. The molecule has 0 spiro atoms. The number of aliphatic hydroxyl groups excluding tert-OH is 2. The molecule has 3 rings (SSSR count). The highest BCUT2D eigenvalue weighted by atomic mass is 16.6. The largest absolute Gasteiger partial charge is 0.507 e. The first-order chi connectivity index (χ1) is 10.4. The lowest BCUT2D eigenvalue weighted by molar-refractivity contribution is -0.125. The van der Waals surface area contributed by atoms with E-state index in [9.17, 15) is 24.9 Å². The van der Waals surface area contributed by atoms with Crippen LogP contribution in [-0.2, 0) is 16.0 Å². The number of phenolic OH excluding ortho intramolecular Hbond substituents is 1. The number of aryl methyl sites for hydroxylation is 1. The van der Waals surface area contributed by atoms with Crippen molar-refractivity contribution in [2.45, 2.75) is 38.6 Å². The SMILES string of the molecule is Cc1cc(O)c2c(c1C1=CC(=O)CC(O)O1)CC(O)CC2=O. The molecule has 0 amide bonds. The molecular weight excluding hydrogens is 288 g/mol. The van der Waals surface area contributed by atoms with Crippen LogP contribution < -0.4 is 0 Å². The average Bonchev–Trinajstić information content (AvgIpc) is 2.35. The smallest absolute Gasteiger partial charge is 0.204 e. The van der Waals surface area contributed by atoms with Crippen molar-refractivity contribution >= 4 is 17.3 Å². The van der Waals surface area contributed by atoms with E-state index in [1.807, 2.05) is 0 Å². The molecule has 2 atom stereocenters. The topological polar surface area (TPSA) is 104 Å². The molecule has 0 saturated heterocycles. The maximum Gasteiger partial charge on any atom is 0.204 e. The maximum atomic E-state index is 12.1. The Morgan fingerprint density at radius 2 is 1.86 bits per heavy atom. The minimum atomic E-state index is -1.24. The second-order valence-corrected chi connectivity index (χ2v) is 5.68. The Morgan fingerprint density at radius 3 is 2.55 bits per heavy atom. The molecule has 0 saturated carbocycles. The molecule has 1 aromatic rings. The molecule has 116 valence electrons. The number of ether oxygens (including phenoxy) is 1. The summed E-state index contributed by atoms with van der Waals surface area (Å²) in [6.07, 6.45) is -0.797. The second kappa shape index (κ2) is 5.23. The lowest BCUT2D eigenvalue weighted by Gasteiger charge is -2.27. The van der Waals surface area contributed by atoms with Gasteiger partial charge in [-0.15, -0.1) is 0 Å². The zero-order valence-corrected chi connectivity index (χ0v) is 12.0. The first kappa shape index (κ1) is 14.7. The average molecular weight is 304 g/mol. The molecule has 2 aliphatic rings. The van der Waals surface area contributed by atoms with Gasteiger partial charge in [-0.05, 0) is 24.1 Å². The van der Waals surface area contributed by atoms with Crippen molar-refractivity contribution < 1.29 is 29.6 Å². The maximum absolute atomic E-state index is 12.1. The van der Waals surface area contributed by atoms with Gasteiger partial charge in [-0.2, -0.15) is 0 Å². The van der Waals surface area contributed by atoms with Crippen LogP contribution in [0.25, 0.3) is 5.76 Å². The van der Waals surface area contributed by atoms with Gasteiger partial charge in [0.25, 0.3) is 0 Å². The minimum Gasteiger partial charge on any atom is -0.507 e. The Bertz CT molecular complexity index is 703. The molecule has 0 aromatic heterocycles. The molecule has 6 heteroatoms. The fraction of sp³-hybridized carbons (Fsp3) is 0.375. The number of hydrogen-bond acceptors (Lipinski definition) is 6. The molecule has 0 bridgehead atoms. The summed E-state index contributed by atoms with van der Waals surface area (Å²) in [5.41, 5.74) is 1.69. The fourth-order valence-corrected chi connectivity index (χ4v) is 3.08. The third kappa shape index (κ3) is 2.40. The number of aliphatic hydroxyl groups is 2. The van der Waals surface area contributed by atoms with Crippen LogP contribution in [-0.4, -0.2) is 39.3 Å². The molecule has 0 radical (unpaired) electrons. The highest BCUT2D eigenvalue weighted by Crippen LogP contribution is 2.38. The van der Waals surface area contributed by atoms with Gasteiger partial charge in [-0.3, -0.25) is 9.59 Å². The second-order valence-electron chi connectivity index (χ2n) is 5.68. The predicted molar refractivity (Wildman–Crippen MR) is 76.2 cm³/mol. The van der Waals surface area contributed by atoms with Gasteiger partial charge in [-0.25, -0.2) is 0 Å². The van der Waals surface area contributed by atoms with Gasteiger partial charge < -0.3 is 20.1 Å². The van der Waals surface area contributed by atoms with Crippen LogP contribution in [0.5, 0.6) is 5.75 Å². The number of carbonyl (C=O) groups excluding carboxylic acids is 2. The zero-order valence-electron chi connectivity index (χ0n) is 12.0. The minimum absolute atomic E-state index is 0.0511. The van der Waals surface area contributed by atoms with Gasteiger partial charge in [-0.1, -0.05) is 0 Å². The number of ketones is 2. The summed E-state index contributed by atoms with van der Waals surface area (Å²) >= 11 is 0. The predicted octanol–water partition coefficient (Wildman–Crippen LogP) is 0.839. The van der Waals surface area contributed by atoms with Crippen molar-refractivity contribution in [3.05, 3.63) is 34.4 Å². The number of aromatic hydroxyl groups is 1. The number of hydrogen-bond donors (Lipinski definition) is 3. The van der Waals surface area contributed by atoms with Crippen LogP contribution in [0.15, 0.2) is 12.1 Å². The van der Waals surface area contributed by atoms with Crippen molar-refractivity contribution in [2.24, 2.45) is 0 Å². The molecule has 1 aliphatic carbocycles. The highest BCUT2D eigenvalue weighted by molar-refractivity contribution is 6.04. The Kier molecular flexibility index (Phi) is 3.50. The van der Waals surface area contributed by atoms with Crippen molar-refractivity contribution in [3.63, 3.8) is 0 Å². The van der Waals surface area contributed by atoms with E-state index in [0.717, 1.165) is 0 Å². The summed E-state index contributed by atoms with van der Waals surface area (Å²) in [5, 5.41) is 29.5. The Morgan fingerprint density at radius 1 is 1.14 bits per heavy atom. The fourth-order valence-electron chi connectivity index (χ4n) is 3.08. The molecule has 1 heterocycles. The number of Topliss-reactive ketones (excluding diaryl/α,β-unsaturated/α-hetero) is 1. The molecule has 2 unspecified atom stereocenters. The first-order valence-electron chi connectivity index (χ1n) is 7.03. The van der Waals surface area contributed by atoms with E-state index >= 15 is 0 Å². The van der Waals surface area contributed by atoms with Crippen molar-refractivity contribution in [3.8, 4) is 5.75 Å². The third-order valence-corrected chi connectivity index (χ3v) is 3.92. The monoisotopic (exact) mass is 304 g/mol.